The van der Waals surface area contributed by atoms with Crippen molar-refractivity contribution in [3.63, 3.8) is 0 Å². The molecule has 0 radical (unpaired) electrons. The molecule has 0 unspecified atom stereocenters. The Morgan fingerprint density at radius 2 is 2.58 bits per heavy atom. The van der Waals surface area contributed by atoms with Crippen LogP contribution in [0.25, 0.3) is 6.08 Å². The molecule has 5 heteroatoms. The summed E-state index contributed by atoms with van der Waals surface area (Å²) in [7, 11) is 0. The number of hydrogen-bond donors (Lipinski definition) is 0. The Kier molecular flexibility index (Phi) is 2.57. The molecule has 0 saturated carbocycles. The van der Waals surface area contributed by atoms with Crippen molar-refractivity contribution in [1.82, 2.24) is 9.78 Å². The Hall–Kier alpha value is -1.65. The Morgan fingerprint density at radius 1 is 1.83 bits per heavy atom. The minimum absolute atomic E-state index is 0.509. The van der Waals surface area contributed by atoms with Crippen molar-refractivity contribution in [2.45, 2.75) is 13.5 Å². The van der Waals surface area contributed by atoms with Gasteiger partial charge in [-0.15, -0.1) is 0 Å². The monoisotopic (exact) mass is 167 g/mol. The molecular weight excluding hydrogens is 158 g/mol. The molecule has 12 heavy (non-hydrogen) atoms. The molecule has 0 aliphatic carbocycles. The molecule has 1 rings (SSSR count). The summed E-state index contributed by atoms with van der Waals surface area (Å²) in [5, 5.41) is 14.0. The molecule has 64 valence electrons. The first-order valence-corrected chi connectivity index (χ1v) is 3.57. The first-order valence-electron chi connectivity index (χ1n) is 3.57. The summed E-state index contributed by atoms with van der Waals surface area (Å²) in [6.07, 6.45) is 4.02. The van der Waals surface area contributed by atoms with E-state index in [0.29, 0.717) is 5.69 Å². The quantitative estimate of drug-likeness (QED) is 0.501. The molecule has 0 aromatic carbocycles. The number of aryl methyl sites for hydroxylation is 1. The van der Waals surface area contributed by atoms with E-state index in [4.69, 9.17) is 0 Å². The van der Waals surface area contributed by atoms with Crippen molar-refractivity contribution < 1.29 is 4.92 Å². The first-order chi connectivity index (χ1) is 5.72. The van der Waals surface area contributed by atoms with E-state index in [-0.39, 0.29) is 0 Å². The predicted octanol–water partition coefficient (Wildman–Crippen LogP) is 1.15. The Morgan fingerprint density at radius 3 is 3.08 bits per heavy atom. The molecule has 0 amide bonds. The van der Waals surface area contributed by atoms with Gasteiger partial charge in [0.05, 0.1) is 10.6 Å². The molecule has 0 aliphatic rings. The average Bonchev–Trinajstić information content (AvgIpc) is 2.48. The van der Waals surface area contributed by atoms with Crippen LogP contribution < -0.4 is 0 Å². The third-order valence-electron chi connectivity index (χ3n) is 1.35. The van der Waals surface area contributed by atoms with Crippen LogP contribution in [0, 0.1) is 10.1 Å². The second-order valence-electron chi connectivity index (χ2n) is 2.20. The van der Waals surface area contributed by atoms with E-state index in [9.17, 15) is 10.1 Å². The number of nitrogens with zero attached hydrogens (tertiary/aromatic N) is 3. The largest absolute Gasteiger partial charge is 0.272 e. The van der Waals surface area contributed by atoms with Gasteiger partial charge in [-0.25, -0.2) is 0 Å². The van der Waals surface area contributed by atoms with E-state index >= 15 is 0 Å². The van der Waals surface area contributed by atoms with Gasteiger partial charge in [-0.05, 0) is 13.0 Å². The fourth-order valence-corrected chi connectivity index (χ4v) is 0.780. The fraction of sp³-hybridized carbons (Fsp3) is 0.286. The molecule has 0 bridgehead atoms. The smallest absolute Gasteiger partial charge is 0.236 e. The van der Waals surface area contributed by atoms with Gasteiger partial charge in [0, 0.05) is 18.8 Å². The van der Waals surface area contributed by atoms with Crippen LogP contribution in [-0.2, 0) is 6.54 Å². The fourth-order valence-electron chi connectivity index (χ4n) is 0.780. The number of rotatable bonds is 3. The minimum Gasteiger partial charge on any atom is -0.272 e. The Balaban J connectivity index is 2.70. The van der Waals surface area contributed by atoms with E-state index in [2.05, 4.69) is 5.10 Å². The SMILES string of the molecule is CCn1ccc(/C=C/[N+](=O)[O-])n1. The highest BCUT2D eigenvalue weighted by Crippen LogP contribution is 1.97. The molecule has 0 fully saturated rings. The van der Waals surface area contributed by atoms with Gasteiger partial charge in [-0.2, -0.15) is 5.10 Å². The van der Waals surface area contributed by atoms with Crippen LogP contribution in [0.5, 0.6) is 0 Å². The molecule has 1 heterocycles. The van der Waals surface area contributed by atoms with Crippen molar-refractivity contribution >= 4 is 6.08 Å². The van der Waals surface area contributed by atoms with E-state index in [1.54, 1.807) is 16.9 Å². The predicted molar refractivity (Wildman–Crippen MR) is 43.9 cm³/mol. The Bertz CT molecular complexity index is 303. The summed E-state index contributed by atoms with van der Waals surface area (Å²) in [6, 6.07) is 1.73. The van der Waals surface area contributed by atoms with Crippen molar-refractivity contribution in [3.05, 3.63) is 34.3 Å². The lowest BCUT2D eigenvalue weighted by Crippen LogP contribution is -1.93. The zero-order valence-corrected chi connectivity index (χ0v) is 6.67. The van der Waals surface area contributed by atoms with Crippen LogP contribution in [0.15, 0.2) is 18.5 Å². The second kappa shape index (κ2) is 3.66. The number of nitro groups is 1. The molecule has 0 spiro atoms. The van der Waals surface area contributed by atoms with E-state index in [1.165, 1.54) is 6.08 Å². The van der Waals surface area contributed by atoms with Gasteiger partial charge in [0.1, 0.15) is 0 Å². The van der Waals surface area contributed by atoms with E-state index < -0.39 is 4.92 Å². The van der Waals surface area contributed by atoms with Crippen molar-refractivity contribution in [1.29, 1.82) is 0 Å². The van der Waals surface area contributed by atoms with Gasteiger partial charge in [0.25, 0.3) is 0 Å². The molecule has 1 aromatic rings. The molecule has 0 saturated heterocycles. The van der Waals surface area contributed by atoms with Gasteiger partial charge in [0.15, 0.2) is 0 Å². The maximum Gasteiger partial charge on any atom is 0.236 e. The highest BCUT2D eigenvalue weighted by atomic mass is 16.6. The van der Waals surface area contributed by atoms with Gasteiger partial charge in [-0.3, -0.25) is 14.8 Å². The summed E-state index contributed by atoms with van der Waals surface area (Å²) < 4.78 is 1.71. The third-order valence-corrected chi connectivity index (χ3v) is 1.35. The lowest BCUT2D eigenvalue weighted by atomic mass is 10.4. The summed E-state index contributed by atoms with van der Waals surface area (Å²) in [4.78, 5) is 9.42. The summed E-state index contributed by atoms with van der Waals surface area (Å²) in [6.45, 7) is 2.72. The summed E-state index contributed by atoms with van der Waals surface area (Å²) in [5.74, 6) is 0. The zero-order chi connectivity index (χ0) is 8.97. The first kappa shape index (κ1) is 8.45. The van der Waals surface area contributed by atoms with Gasteiger partial charge >= 0.3 is 0 Å². The van der Waals surface area contributed by atoms with E-state index in [1.807, 2.05) is 6.92 Å². The molecule has 0 N–H and O–H groups in total. The van der Waals surface area contributed by atoms with Crippen molar-refractivity contribution in [3.8, 4) is 0 Å². The van der Waals surface area contributed by atoms with Crippen LogP contribution in [-0.4, -0.2) is 14.7 Å². The molecular formula is C7H9N3O2. The highest BCUT2D eigenvalue weighted by Gasteiger charge is 1.94. The standard InChI is InChI=1S/C7H9N3O2/c1-2-9-5-3-7(8-9)4-6-10(11)12/h3-6H,2H2,1H3/b6-4+. The lowest BCUT2D eigenvalue weighted by Gasteiger charge is -1.89. The van der Waals surface area contributed by atoms with Gasteiger partial charge < -0.3 is 0 Å². The van der Waals surface area contributed by atoms with Crippen LogP contribution in [0.4, 0.5) is 0 Å². The molecule has 5 nitrogen and oxygen atoms in total. The maximum atomic E-state index is 9.93. The van der Waals surface area contributed by atoms with E-state index in [0.717, 1.165) is 12.7 Å². The number of hydrogen-bond acceptors (Lipinski definition) is 3. The second-order valence-corrected chi connectivity index (χ2v) is 2.20. The van der Waals surface area contributed by atoms with Crippen LogP contribution in [0.1, 0.15) is 12.6 Å². The van der Waals surface area contributed by atoms with Crippen LogP contribution in [0.2, 0.25) is 0 Å². The summed E-state index contributed by atoms with van der Waals surface area (Å²) in [5.41, 5.74) is 0.605. The molecule has 0 atom stereocenters. The lowest BCUT2D eigenvalue weighted by molar-refractivity contribution is -0.401. The summed E-state index contributed by atoms with van der Waals surface area (Å²) >= 11 is 0. The third kappa shape index (κ3) is 2.19. The normalized spacial score (nSPS) is 10.8. The van der Waals surface area contributed by atoms with Crippen molar-refractivity contribution in [2.24, 2.45) is 0 Å². The molecule has 1 aromatic heterocycles. The highest BCUT2D eigenvalue weighted by molar-refractivity contribution is 5.41. The van der Waals surface area contributed by atoms with Gasteiger partial charge in [0.2, 0.25) is 6.20 Å². The average molecular weight is 167 g/mol. The minimum atomic E-state index is -0.509. The molecule has 0 aliphatic heterocycles. The zero-order valence-electron chi connectivity index (χ0n) is 6.67. The maximum absolute atomic E-state index is 9.93. The number of aromatic nitrogens is 2. The van der Waals surface area contributed by atoms with Crippen LogP contribution in [0.3, 0.4) is 0 Å². The van der Waals surface area contributed by atoms with Crippen LogP contribution >= 0.6 is 0 Å². The Labute approximate surface area is 69.5 Å². The van der Waals surface area contributed by atoms with Crippen molar-refractivity contribution in [2.75, 3.05) is 0 Å². The van der Waals surface area contributed by atoms with Gasteiger partial charge in [-0.1, -0.05) is 0 Å². The topological polar surface area (TPSA) is 61.0 Å².